The maximum Gasteiger partial charge on any atom is 0.267 e. The van der Waals surface area contributed by atoms with Crippen LogP contribution in [-0.2, 0) is 9.53 Å². The van der Waals surface area contributed by atoms with Gasteiger partial charge in [0.15, 0.2) is 0 Å². The van der Waals surface area contributed by atoms with Crippen molar-refractivity contribution < 1.29 is 14.3 Å². The number of thioether (sulfide) groups is 1. The molecule has 2 aliphatic heterocycles. The molecule has 1 aromatic carbocycles. The molecule has 0 atom stereocenters. The monoisotopic (exact) mass is 364 g/mol. The number of hydrogen-bond acceptors (Lipinski definition) is 6. The molecule has 0 unspecified atom stereocenters. The van der Waals surface area contributed by atoms with E-state index in [1.54, 1.807) is 4.90 Å². The highest BCUT2D eigenvalue weighted by Gasteiger charge is 2.33. The lowest BCUT2D eigenvalue weighted by atomic mass is 10.2. The van der Waals surface area contributed by atoms with E-state index in [0.29, 0.717) is 35.7 Å². The molecule has 0 N–H and O–H groups in total. The largest absolute Gasteiger partial charge is 0.494 e. The van der Waals surface area contributed by atoms with E-state index in [4.69, 9.17) is 21.7 Å². The van der Waals surface area contributed by atoms with E-state index in [1.807, 2.05) is 37.3 Å². The molecule has 0 aliphatic carbocycles. The quantitative estimate of drug-likeness (QED) is 0.591. The van der Waals surface area contributed by atoms with Crippen molar-refractivity contribution in [3.05, 3.63) is 34.7 Å². The summed E-state index contributed by atoms with van der Waals surface area (Å²) in [6.45, 7) is 6.19. The summed E-state index contributed by atoms with van der Waals surface area (Å²) in [7, 11) is 0. The Hall–Kier alpha value is -1.41. The minimum Gasteiger partial charge on any atom is -0.494 e. The molecule has 0 aromatic heterocycles. The number of carbonyl (C=O) groups is 1. The van der Waals surface area contributed by atoms with Crippen LogP contribution in [0.15, 0.2) is 29.2 Å². The highest BCUT2D eigenvalue weighted by atomic mass is 32.2. The Bertz CT molecular complexity index is 640. The van der Waals surface area contributed by atoms with Crippen molar-refractivity contribution in [2.75, 3.05) is 39.6 Å². The van der Waals surface area contributed by atoms with E-state index in [9.17, 15) is 4.79 Å². The molecule has 7 heteroatoms. The lowest BCUT2D eigenvalue weighted by Crippen LogP contribution is -2.45. The van der Waals surface area contributed by atoms with Crippen molar-refractivity contribution in [3.8, 4) is 5.75 Å². The van der Waals surface area contributed by atoms with E-state index in [-0.39, 0.29) is 5.91 Å². The lowest BCUT2D eigenvalue weighted by Gasteiger charge is -2.29. The van der Waals surface area contributed by atoms with Crippen molar-refractivity contribution in [2.24, 2.45) is 0 Å². The van der Waals surface area contributed by atoms with Crippen LogP contribution in [0.3, 0.4) is 0 Å². The molecule has 128 valence electrons. The fourth-order valence-corrected chi connectivity index (χ4v) is 3.78. The van der Waals surface area contributed by atoms with Crippen LogP contribution in [0.2, 0.25) is 0 Å². The number of ether oxygens (including phenoxy) is 2. The van der Waals surface area contributed by atoms with Gasteiger partial charge in [-0.25, -0.2) is 0 Å². The fourth-order valence-electron chi connectivity index (χ4n) is 2.54. The van der Waals surface area contributed by atoms with E-state index < -0.39 is 0 Å². The maximum absolute atomic E-state index is 12.6. The van der Waals surface area contributed by atoms with Crippen LogP contribution >= 0.6 is 24.0 Å². The Morgan fingerprint density at radius 1 is 1.29 bits per heavy atom. The number of rotatable bonds is 5. The Labute approximate surface area is 151 Å². The average Bonchev–Trinajstić information content (AvgIpc) is 2.85. The van der Waals surface area contributed by atoms with Gasteiger partial charge < -0.3 is 9.47 Å². The van der Waals surface area contributed by atoms with E-state index in [2.05, 4.69) is 4.90 Å². The van der Waals surface area contributed by atoms with Crippen LogP contribution in [0.25, 0.3) is 6.08 Å². The summed E-state index contributed by atoms with van der Waals surface area (Å²) in [5.74, 6) is 0.805. The van der Waals surface area contributed by atoms with Crippen molar-refractivity contribution >= 4 is 40.3 Å². The molecule has 24 heavy (non-hydrogen) atoms. The predicted molar refractivity (Wildman–Crippen MR) is 99.9 cm³/mol. The summed E-state index contributed by atoms with van der Waals surface area (Å²) in [6, 6.07) is 7.70. The van der Waals surface area contributed by atoms with E-state index >= 15 is 0 Å². The van der Waals surface area contributed by atoms with Gasteiger partial charge in [-0.05, 0) is 30.7 Å². The van der Waals surface area contributed by atoms with Gasteiger partial charge in [0.2, 0.25) is 0 Å². The number of benzene rings is 1. The van der Waals surface area contributed by atoms with Crippen LogP contribution in [0.5, 0.6) is 5.75 Å². The van der Waals surface area contributed by atoms with Crippen molar-refractivity contribution in [1.82, 2.24) is 9.80 Å². The second-order valence-electron chi connectivity index (χ2n) is 5.48. The van der Waals surface area contributed by atoms with Gasteiger partial charge in [-0.3, -0.25) is 14.6 Å². The van der Waals surface area contributed by atoms with E-state index in [1.165, 1.54) is 11.8 Å². The van der Waals surface area contributed by atoms with Crippen molar-refractivity contribution in [3.63, 3.8) is 0 Å². The summed E-state index contributed by atoms with van der Waals surface area (Å²) >= 11 is 6.74. The van der Waals surface area contributed by atoms with Crippen LogP contribution in [0.4, 0.5) is 0 Å². The molecular formula is C17H20N2O3S2. The molecule has 2 heterocycles. The zero-order valence-corrected chi connectivity index (χ0v) is 15.2. The molecule has 0 saturated carbocycles. The number of morpholine rings is 1. The normalized spacial score (nSPS) is 20.9. The third-order valence-electron chi connectivity index (χ3n) is 3.81. The molecule has 0 bridgehead atoms. The lowest BCUT2D eigenvalue weighted by molar-refractivity contribution is -0.124. The molecule has 0 radical (unpaired) electrons. The number of nitrogens with zero attached hydrogens (tertiary/aromatic N) is 2. The van der Waals surface area contributed by atoms with Gasteiger partial charge in [0, 0.05) is 13.1 Å². The first kappa shape index (κ1) is 17.4. The van der Waals surface area contributed by atoms with Gasteiger partial charge in [0.1, 0.15) is 10.1 Å². The number of amides is 1. The molecule has 2 fully saturated rings. The minimum absolute atomic E-state index is 0.0228. The van der Waals surface area contributed by atoms with Gasteiger partial charge in [-0.15, -0.1) is 0 Å². The Morgan fingerprint density at radius 2 is 2.00 bits per heavy atom. The van der Waals surface area contributed by atoms with Crippen LogP contribution in [-0.4, -0.2) is 59.6 Å². The van der Waals surface area contributed by atoms with Gasteiger partial charge in [-0.1, -0.05) is 36.1 Å². The zero-order chi connectivity index (χ0) is 16.9. The molecule has 2 saturated heterocycles. The first-order valence-corrected chi connectivity index (χ1v) is 9.18. The Morgan fingerprint density at radius 3 is 2.67 bits per heavy atom. The first-order chi connectivity index (χ1) is 11.7. The summed E-state index contributed by atoms with van der Waals surface area (Å²) in [5, 5.41) is 0. The summed E-state index contributed by atoms with van der Waals surface area (Å²) in [4.78, 5) is 17.2. The fraction of sp³-hybridized carbons (Fsp3) is 0.412. The third-order valence-corrected chi connectivity index (χ3v) is 5.19. The first-order valence-electron chi connectivity index (χ1n) is 7.95. The summed E-state index contributed by atoms with van der Waals surface area (Å²) in [6.07, 6.45) is 1.88. The predicted octanol–water partition coefficient (Wildman–Crippen LogP) is 2.58. The van der Waals surface area contributed by atoms with Crippen LogP contribution < -0.4 is 4.74 Å². The summed E-state index contributed by atoms with van der Waals surface area (Å²) in [5.41, 5.74) is 0.963. The van der Waals surface area contributed by atoms with Gasteiger partial charge in [0.25, 0.3) is 5.91 Å². The molecule has 0 spiro atoms. The zero-order valence-electron chi connectivity index (χ0n) is 13.6. The van der Waals surface area contributed by atoms with Crippen LogP contribution in [0.1, 0.15) is 12.5 Å². The molecule has 1 amide bonds. The van der Waals surface area contributed by atoms with Crippen molar-refractivity contribution in [1.29, 1.82) is 0 Å². The second-order valence-corrected chi connectivity index (χ2v) is 7.16. The van der Waals surface area contributed by atoms with Crippen LogP contribution in [0, 0.1) is 0 Å². The topological polar surface area (TPSA) is 42.0 Å². The standard InChI is InChI=1S/C17H20N2O3S2/c1-2-22-14-5-3-13(4-6-14)11-15-16(20)19(17(23)24-15)12-18-7-9-21-10-8-18/h3-6,11H,2,7-10,12H2,1H3. The van der Waals surface area contributed by atoms with E-state index in [0.717, 1.165) is 24.4 Å². The highest BCUT2D eigenvalue weighted by molar-refractivity contribution is 8.26. The maximum atomic E-state index is 12.6. The number of carbonyl (C=O) groups excluding carboxylic acids is 1. The van der Waals surface area contributed by atoms with Gasteiger partial charge >= 0.3 is 0 Å². The molecule has 2 aliphatic rings. The van der Waals surface area contributed by atoms with Gasteiger partial charge in [0.05, 0.1) is 31.4 Å². The number of hydrogen-bond donors (Lipinski definition) is 0. The average molecular weight is 364 g/mol. The smallest absolute Gasteiger partial charge is 0.267 e. The third kappa shape index (κ3) is 4.16. The summed E-state index contributed by atoms with van der Waals surface area (Å²) < 4.78 is 11.4. The molecule has 5 nitrogen and oxygen atoms in total. The molecule has 3 rings (SSSR count). The molecule has 1 aromatic rings. The Kier molecular flexibility index (Phi) is 5.89. The van der Waals surface area contributed by atoms with Gasteiger partial charge in [-0.2, -0.15) is 0 Å². The molecular weight excluding hydrogens is 344 g/mol. The Balaban J connectivity index is 1.68. The number of thiocarbonyl (C=S) groups is 1. The minimum atomic E-state index is -0.0228. The van der Waals surface area contributed by atoms with Crippen molar-refractivity contribution in [2.45, 2.75) is 6.92 Å². The highest BCUT2D eigenvalue weighted by Crippen LogP contribution is 2.32. The SMILES string of the molecule is CCOc1ccc(C=C2SC(=S)N(CN3CCOCC3)C2=O)cc1. The second kappa shape index (κ2) is 8.11.